The Morgan fingerprint density at radius 3 is 2.61 bits per heavy atom. The first kappa shape index (κ1) is 14.9. The van der Waals surface area contributed by atoms with Gasteiger partial charge in [0.05, 0.1) is 19.9 Å². The van der Waals surface area contributed by atoms with E-state index in [2.05, 4.69) is 10.1 Å². The highest BCUT2D eigenvalue weighted by Gasteiger charge is 2.17. The molecule has 1 N–H and O–H groups in total. The summed E-state index contributed by atoms with van der Waals surface area (Å²) < 4.78 is 12.1. The minimum Gasteiger partial charge on any atom is -0.504 e. The number of hydrogen-bond donors (Lipinski definition) is 1. The summed E-state index contributed by atoms with van der Waals surface area (Å²) in [5, 5.41) is 14.9. The molecule has 0 aliphatic rings. The lowest BCUT2D eigenvalue weighted by atomic mass is 10.1. The third-order valence-corrected chi connectivity index (χ3v) is 3.58. The predicted octanol–water partition coefficient (Wildman–Crippen LogP) is 2.97. The van der Waals surface area contributed by atoms with Crippen molar-refractivity contribution >= 4 is 0 Å². The molecule has 0 aliphatic heterocycles. The lowest BCUT2D eigenvalue weighted by Crippen LogP contribution is -2.00. The Labute approximate surface area is 133 Å². The predicted molar refractivity (Wildman–Crippen MR) is 86.3 cm³/mol. The molecule has 0 atom stereocenters. The molecular weight excluding hydrogens is 294 g/mol. The molecule has 0 spiro atoms. The minimum atomic E-state index is -0.00478. The van der Waals surface area contributed by atoms with Gasteiger partial charge in [0.1, 0.15) is 0 Å². The Morgan fingerprint density at radius 1 is 1.09 bits per heavy atom. The van der Waals surface area contributed by atoms with E-state index in [1.54, 1.807) is 29.2 Å². The van der Waals surface area contributed by atoms with Gasteiger partial charge in [-0.3, -0.25) is 0 Å². The molecule has 6 nitrogen and oxygen atoms in total. The summed E-state index contributed by atoms with van der Waals surface area (Å²) in [6.45, 7) is 1.97. The second-order valence-corrected chi connectivity index (χ2v) is 4.99. The lowest BCUT2D eigenvalue weighted by molar-refractivity contribution is 0.333. The number of benzene rings is 1. The van der Waals surface area contributed by atoms with Crippen molar-refractivity contribution in [2.24, 2.45) is 0 Å². The third-order valence-electron chi connectivity index (χ3n) is 3.58. The van der Waals surface area contributed by atoms with E-state index in [1.807, 2.05) is 25.1 Å². The molecule has 0 radical (unpaired) electrons. The van der Waals surface area contributed by atoms with E-state index in [0.29, 0.717) is 17.0 Å². The molecule has 23 heavy (non-hydrogen) atoms. The molecule has 118 valence electrons. The van der Waals surface area contributed by atoms with Gasteiger partial charge >= 0.3 is 0 Å². The molecule has 2 aromatic heterocycles. The Kier molecular flexibility index (Phi) is 3.89. The van der Waals surface area contributed by atoms with Crippen molar-refractivity contribution in [3.05, 3.63) is 48.3 Å². The van der Waals surface area contributed by atoms with Crippen LogP contribution in [-0.2, 0) is 0 Å². The smallest absolute Gasteiger partial charge is 0.203 e. The molecule has 0 amide bonds. The number of rotatable bonds is 4. The Morgan fingerprint density at radius 2 is 1.91 bits per heavy atom. The summed E-state index contributed by atoms with van der Waals surface area (Å²) in [7, 11) is 3.01. The normalized spacial score (nSPS) is 10.6. The first-order valence-electron chi connectivity index (χ1n) is 7.07. The highest BCUT2D eigenvalue weighted by atomic mass is 16.5. The first-order chi connectivity index (χ1) is 11.2. The molecule has 3 aromatic rings. The van der Waals surface area contributed by atoms with E-state index in [4.69, 9.17) is 9.47 Å². The van der Waals surface area contributed by atoms with Gasteiger partial charge in [0.15, 0.2) is 17.3 Å². The number of ether oxygens (including phenoxy) is 2. The average molecular weight is 311 g/mol. The maximum atomic E-state index is 10.4. The van der Waals surface area contributed by atoms with Gasteiger partial charge in [-0.05, 0) is 36.8 Å². The highest BCUT2D eigenvalue weighted by molar-refractivity contribution is 5.73. The Hall–Kier alpha value is -3.02. The van der Waals surface area contributed by atoms with Crippen molar-refractivity contribution in [3.63, 3.8) is 0 Å². The van der Waals surface area contributed by atoms with E-state index >= 15 is 0 Å². The van der Waals surface area contributed by atoms with Gasteiger partial charge in [0, 0.05) is 18.0 Å². The summed E-state index contributed by atoms with van der Waals surface area (Å²) in [5.74, 6) is 1.50. The van der Waals surface area contributed by atoms with E-state index in [-0.39, 0.29) is 11.5 Å². The van der Waals surface area contributed by atoms with E-state index in [0.717, 1.165) is 11.4 Å². The number of methoxy groups -OCH3 is 2. The summed E-state index contributed by atoms with van der Waals surface area (Å²) in [4.78, 5) is 4.33. The lowest BCUT2D eigenvalue weighted by Gasteiger charge is -2.11. The quantitative estimate of drug-likeness (QED) is 0.802. The van der Waals surface area contributed by atoms with Gasteiger partial charge < -0.3 is 14.6 Å². The number of aromatic hydroxyl groups is 1. The van der Waals surface area contributed by atoms with Crippen LogP contribution in [0, 0.1) is 6.92 Å². The van der Waals surface area contributed by atoms with Crippen molar-refractivity contribution in [3.8, 4) is 34.3 Å². The fourth-order valence-corrected chi connectivity index (χ4v) is 2.42. The number of pyridine rings is 1. The largest absolute Gasteiger partial charge is 0.504 e. The third kappa shape index (κ3) is 2.59. The maximum Gasteiger partial charge on any atom is 0.203 e. The number of nitrogens with zero attached hydrogens (tertiary/aromatic N) is 3. The number of aromatic nitrogens is 3. The number of phenolic OH excluding ortho intramolecular Hbond substituents is 1. The standard InChI is InChI=1S/C17H17N3O3/c1-11-5-4-9-18-17(11)20-10-8-13(19-20)12-6-7-14(22-2)16(23-3)15(12)21/h4-10,21H,1-3H3. The van der Waals surface area contributed by atoms with E-state index < -0.39 is 0 Å². The highest BCUT2D eigenvalue weighted by Crippen LogP contribution is 2.42. The van der Waals surface area contributed by atoms with Gasteiger partial charge in [-0.1, -0.05) is 6.07 Å². The van der Waals surface area contributed by atoms with Crippen molar-refractivity contribution in [1.29, 1.82) is 0 Å². The SMILES string of the molecule is COc1ccc(-c2ccn(-c3ncccc3C)n2)c(O)c1OC. The fourth-order valence-electron chi connectivity index (χ4n) is 2.42. The zero-order valence-corrected chi connectivity index (χ0v) is 13.1. The molecule has 0 aliphatic carbocycles. The van der Waals surface area contributed by atoms with Crippen LogP contribution in [0.5, 0.6) is 17.2 Å². The molecule has 0 fully saturated rings. The number of aryl methyl sites for hydroxylation is 1. The summed E-state index contributed by atoms with van der Waals surface area (Å²) in [5.41, 5.74) is 2.20. The van der Waals surface area contributed by atoms with Crippen molar-refractivity contribution in [2.45, 2.75) is 6.92 Å². The van der Waals surface area contributed by atoms with Gasteiger partial charge in [0.2, 0.25) is 5.75 Å². The zero-order valence-electron chi connectivity index (χ0n) is 13.1. The fraction of sp³-hybridized carbons (Fsp3) is 0.176. The average Bonchev–Trinajstić information content (AvgIpc) is 3.04. The van der Waals surface area contributed by atoms with Crippen LogP contribution in [0.1, 0.15) is 5.56 Å². The van der Waals surface area contributed by atoms with Crippen molar-refractivity contribution < 1.29 is 14.6 Å². The van der Waals surface area contributed by atoms with Gasteiger partial charge in [-0.15, -0.1) is 0 Å². The minimum absolute atomic E-state index is 0.00478. The summed E-state index contributed by atoms with van der Waals surface area (Å²) >= 11 is 0. The number of phenols is 1. The first-order valence-corrected chi connectivity index (χ1v) is 7.07. The molecule has 2 heterocycles. The van der Waals surface area contributed by atoms with E-state index in [1.165, 1.54) is 14.2 Å². The molecular formula is C17H17N3O3. The molecule has 0 saturated carbocycles. The molecule has 1 aromatic carbocycles. The molecule has 0 bridgehead atoms. The Bertz CT molecular complexity index is 843. The zero-order chi connectivity index (χ0) is 16.4. The van der Waals surface area contributed by atoms with Crippen molar-refractivity contribution in [1.82, 2.24) is 14.8 Å². The van der Waals surface area contributed by atoms with Crippen LogP contribution in [-0.4, -0.2) is 34.1 Å². The van der Waals surface area contributed by atoms with Crippen LogP contribution in [0.2, 0.25) is 0 Å². The van der Waals surface area contributed by atoms with Gasteiger partial charge in [-0.25, -0.2) is 9.67 Å². The Balaban J connectivity index is 2.06. The van der Waals surface area contributed by atoms with Crippen LogP contribution in [0.25, 0.3) is 17.1 Å². The molecule has 3 rings (SSSR count). The van der Waals surface area contributed by atoms with Crippen LogP contribution >= 0.6 is 0 Å². The van der Waals surface area contributed by atoms with Crippen LogP contribution in [0.4, 0.5) is 0 Å². The van der Waals surface area contributed by atoms with Crippen LogP contribution in [0.3, 0.4) is 0 Å². The topological polar surface area (TPSA) is 69.4 Å². The number of hydrogen-bond acceptors (Lipinski definition) is 5. The summed E-state index contributed by atoms with van der Waals surface area (Å²) in [6.07, 6.45) is 3.53. The second kappa shape index (κ2) is 6.00. The maximum absolute atomic E-state index is 10.4. The molecule has 0 saturated heterocycles. The molecule has 6 heteroatoms. The van der Waals surface area contributed by atoms with Crippen LogP contribution in [0.15, 0.2) is 42.7 Å². The monoisotopic (exact) mass is 311 g/mol. The van der Waals surface area contributed by atoms with Gasteiger partial charge in [-0.2, -0.15) is 5.10 Å². The second-order valence-electron chi connectivity index (χ2n) is 4.99. The molecule has 0 unspecified atom stereocenters. The summed E-state index contributed by atoms with van der Waals surface area (Å²) in [6, 6.07) is 9.14. The van der Waals surface area contributed by atoms with Gasteiger partial charge in [0.25, 0.3) is 0 Å². The van der Waals surface area contributed by atoms with Crippen molar-refractivity contribution in [2.75, 3.05) is 14.2 Å². The van der Waals surface area contributed by atoms with E-state index in [9.17, 15) is 5.11 Å². The van der Waals surface area contributed by atoms with Crippen LogP contribution < -0.4 is 9.47 Å².